The van der Waals surface area contributed by atoms with Crippen molar-refractivity contribution in [3.8, 4) is 5.69 Å². The van der Waals surface area contributed by atoms with Crippen LogP contribution in [-0.4, -0.2) is 46.9 Å². The molecule has 0 radical (unpaired) electrons. The van der Waals surface area contributed by atoms with Crippen LogP contribution < -0.4 is 10.0 Å². The van der Waals surface area contributed by atoms with Crippen LogP contribution in [0.4, 0.5) is 5.69 Å². The van der Waals surface area contributed by atoms with Crippen LogP contribution in [0.5, 0.6) is 0 Å². The lowest BCUT2D eigenvalue weighted by Gasteiger charge is -2.10. The Labute approximate surface area is 166 Å². The van der Waals surface area contributed by atoms with E-state index >= 15 is 0 Å². The van der Waals surface area contributed by atoms with E-state index in [1.54, 1.807) is 36.4 Å². The van der Waals surface area contributed by atoms with Gasteiger partial charge >= 0.3 is 0 Å². The molecule has 2 N–H and O–H groups in total. The number of nitrogens with one attached hydrogen (secondary N) is 2. The Hall–Kier alpha value is -3.60. The smallest absolute Gasteiger partial charge is 0.262 e. The van der Waals surface area contributed by atoms with E-state index in [1.165, 1.54) is 23.1 Å². The Morgan fingerprint density at radius 1 is 1.10 bits per heavy atom. The Balaban J connectivity index is 1.52. The molecule has 11 heteroatoms. The van der Waals surface area contributed by atoms with Gasteiger partial charge in [0.05, 0.1) is 10.6 Å². The van der Waals surface area contributed by atoms with Crippen molar-refractivity contribution in [2.75, 3.05) is 11.9 Å². The van der Waals surface area contributed by atoms with Gasteiger partial charge in [-0.1, -0.05) is 12.1 Å². The van der Waals surface area contributed by atoms with Crippen molar-refractivity contribution >= 4 is 27.5 Å². The summed E-state index contributed by atoms with van der Waals surface area (Å²) in [5.41, 5.74) is 1.37. The van der Waals surface area contributed by atoms with Crippen LogP contribution in [0.2, 0.25) is 0 Å². The average molecular weight is 411 g/mol. The summed E-state index contributed by atoms with van der Waals surface area (Å²) in [5, 5.41) is 13.6. The second-order valence-corrected chi connectivity index (χ2v) is 8.01. The summed E-state index contributed by atoms with van der Waals surface area (Å²) < 4.78 is 29.0. The minimum Gasteiger partial charge on any atom is -0.322 e. The number of rotatable bonds is 5. The lowest BCUT2D eigenvalue weighted by molar-refractivity contribution is 0.102. The third kappa shape index (κ3) is 4.29. The maximum atomic E-state index is 12.6. The molecule has 0 aliphatic carbocycles. The second-order valence-electron chi connectivity index (χ2n) is 6.32. The Kier molecular flexibility index (Phi) is 5.04. The quantitative estimate of drug-likeness (QED) is 0.652. The van der Waals surface area contributed by atoms with Gasteiger partial charge in [0.2, 0.25) is 0 Å². The van der Waals surface area contributed by atoms with Crippen molar-refractivity contribution in [2.45, 2.75) is 17.7 Å². The predicted octanol–water partition coefficient (Wildman–Crippen LogP) is 1.39. The molecule has 10 nitrogen and oxygen atoms in total. The van der Waals surface area contributed by atoms with E-state index in [1.807, 2.05) is 0 Å². The number of carbonyl (C=O) groups is 1. The van der Waals surface area contributed by atoms with Crippen molar-refractivity contribution in [1.29, 1.82) is 0 Å². The lowest BCUT2D eigenvalue weighted by atomic mass is 10.2. The largest absolute Gasteiger partial charge is 0.322 e. The molecule has 29 heavy (non-hydrogen) atoms. The number of carbonyl (C=O) groups excluding carboxylic acids is 1. The minimum absolute atomic E-state index is 0.0485. The number of aliphatic imine (C=N–C) groups is 1. The molecule has 4 rings (SSSR count). The summed E-state index contributed by atoms with van der Waals surface area (Å²) in [6, 6.07) is 12.8. The first kappa shape index (κ1) is 18.7. The van der Waals surface area contributed by atoms with E-state index in [2.05, 4.69) is 30.6 Å². The third-order valence-electron chi connectivity index (χ3n) is 4.25. The molecule has 1 aromatic heterocycles. The molecule has 1 aliphatic heterocycles. The highest BCUT2D eigenvalue weighted by molar-refractivity contribution is 7.90. The van der Waals surface area contributed by atoms with Gasteiger partial charge < -0.3 is 5.32 Å². The maximum Gasteiger partial charge on any atom is 0.262 e. The number of amides is 1. The van der Waals surface area contributed by atoms with Gasteiger partial charge in [0, 0.05) is 24.2 Å². The molecule has 0 bridgehead atoms. The number of benzene rings is 2. The summed E-state index contributed by atoms with van der Waals surface area (Å²) in [6.45, 7) is 0.623. The normalized spacial score (nSPS) is 13.7. The second kappa shape index (κ2) is 7.80. The molecule has 148 valence electrons. The molecule has 0 saturated heterocycles. The van der Waals surface area contributed by atoms with Crippen molar-refractivity contribution < 1.29 is 13.2 Å². The van der Waals surface area contributed by atoms with Gasteiger partial charge in [0.1, 0.15) is 12.2 Å². The van der Waals surface area contributed by atoms with Crippen molar-refractivity contribution in [1.82, 2.24) is 24.9 Å². The number of nitrogens with zero attached hydrogens (tertiary/aromatic N) is 5. The van der Waals surface area contributed by atoms with Gasteiger partial charge in [-0.25, -0.2) is 13.1 Å². The van der Waals surface area contributed by atoms with Gasteiger partial charge in [-0.3, -0.25) is 14.5 Å². The van der Waals surface area contributed by atoms with Gasteiger partial charge in [-0.2, -0.15) is 0 Å². The van der Waals surface area contributed by atoms with E-state index in [9.17, 15) is 13.2 Å². The number of hydrogen-bond acceptors (Lipinski definition) is 7. The summed E-state index contributed by atoms with van der Waals surface area (Å²) in [5.74, 6) is 0.0708. The van der Waals surface area contributed by atoms with Crippen LogP contribution in [0.15, 0.2) is 64.7 Å². The fourth-order valence-corrected chi connectivity index (χ4v) is 3.98. The molecule has 1 aliphatic rings. The first-order chi connectivity index (χ1) is 14.0. The Morgan fingerprint density at radius 3 is 2.72 bits per heavy atom. The lowest BCUT2D eigenvalue weighted by Crippen LogP contribution is -2.29. The van der Waals surface area contributed by atoms with E-state index in [4.69, 9.17) is 0 Å². The average Bonchev–Trinajstić information content (AvgIpc) is 3.42. The molecule has 0 spiro atoms. The van der Waals surface area contributed by atoms with E-state index in [0.29, 0.717) is 35.7 Å². The van der Waals surface area contributed by atoms with Gasteiger partial charge in [0.15, 0.2) is 0 Å². The number of tetrazole rings is 1. The molecule has 2 aromatic carbocycles. The van der Waals surface area contributed by atoms with Gasteiger partial charge in [-0.05, 0) is 53.2 Å². The molecule has 0 atom stereocenters. The zero-order valence-electron chi connectivity index (χ0n) is 15.2. The fourth-order valence-electron chi connectivity index (χ4n) is 2.85. The van der Waals surface area contributed by atoms with Gasteiger partial charge in [0.25, 0.3) is 15.9 Å². The van der Waals surface area contributed by atoms with Crippen LogP contribution in [-0.2, 0) is 10.0 Å². The number of hydrogen-bond donors (Lipinski definition) is 2. The highest BCUT2D eigenvalue weighted by Gasteiger charge is 2.19. The summed E-state index contributed by atoms with van der Waals surface area (Å²) in [4.78, 5) is 16.8. The number of amidine groups is 1. The Morgan fingerprint density at radius 2 is 1.97 bits per heavy atom. The van der Waals surface area contributed by atoms with Gasteiger partial charge in [-0.15, -0.1) is 5.10 Å². The van der Waals surface area contributed by atoms with Crippen LogP contribution in [0.3, 0.4) is 0 Å². The monoisotopic (exact) mass is 411 g/mol. The number of anilines is 1. The van der Waals surface area contributed by atoms with Crippen molar-refractivity contribution in [2.24, 2.45) is 4.99 Å². The standard InChI is InChI=1S/C18H17N7O3S/c26-18(13-4-1-6-15(10-13)25-12-20-23-24-25)21-14-5-2-7-16(11-14)29(27,28)22-17-8-3-9-19-17/h1-2,4-7,10-12H,3,8-9H2,(H,19,22)(H,21,26). The number of aromatic nitrogens is 4. The topological polar surface area (TPSA) is 131 Å². The first-order valence-electron chi connectivity index (χ1n) is 8.82. The van der Waals surface area contributed by atoms with E-state index < -0.39 is 10.0 Å². The van der Waals surface area contributed by atoms with E-state index in [-0.39, 0.29) is 10.8 Å². The molecule has 1 amide bonds. The molecular formula is C18H17N7O3S. The fraction of sp³-hybridized carbons (Fsp3) is 0.167. The minimum atomic E-state index is -3.76. The molecule has 0 fully saturated rings. The summed E-state index contributed by atoms with van der Waals surface area (Å²) >= 11 is 0. The number of sulfonamides is 1. The molecule has 3 aromatic rings. The summed E-state index contributed by atoms with van der Waals surface area (Å²) in [7, 11) is -3.76. The van der Waals surface area contributed by atoms with Crippen LogP contribution in [0.1, 0.15) is 23.2 Å². The highest BCUT2D eigenvalue weighted by Crippen LogP contribution is 2.18. The maximum absolute atomic E-state index is 12.6. The molecule has 2 heterocycles. The zero-order chi connectivity index (χ0) is 20.3. The SMILES string of the molecule is O=C(Nc1cccc(S(=O)(=O)NC2=NCCC2)c1)c1cccc(-n2cnnn2)c1. The predicted molar refractivity (Wildman–Crippen MR) is 105 cm³/mol. The summed E-state index contributed by atoms with van der Waals surface area (Å²) in [6.07, 6.45) is 2.86. The van der Waals surface area contributed by atoms with E-state index in [0.717, 1.165) is 6.42 Å². The zero-order valence-corrected chi connectivity index (χ0v) is 16.0. The van der Waals surface area contributed by atoms with Crippen molar-refractivity contribution in [3.63, 3.8) is 0 Å². The third-order valence-corrected chi connectivity index (χ3v) is 5.63. The molecule has 0 unspecified atom stereocenters. The van der Waals surface area contributed by atoms with Crippen LogP contribution in [0.25, 0.3) is 5.69 Å². The highest BCUT2D eigenvalue weighted by atomic mass is 32.2. The molecule has 0 saturated carbocycles. The molecular weight excluding hydrogens is 394 g/mol. The van der Waals surface area contributed by atoms with Crippen LogP contribution in [0, 0.1) is 0 Å². The van der Waals surface area contributed by atoms with Crippen LogP contribution >= 0.6 is 0 Å². The Bertz CT molecular complexity index is 1170. The first-order valence-corrected chi connectivity index (χ1v) is 10.3. The van der Waals surface area contributed by atoms with Crippen molar-refractivity contribution in [3.05, 3.63) is 60.4 Å².